The maximum Gasteiger partial charge on any atom is 0.194 e. The van der Waals surface area contributed by atoms with Crippen molar-refractivity contribution >= 4 is 23.2 Å². The van der Waals surface area contributed by atoms with Gasteiger partial charge in [-0.25, -0.2) is 5.48 Å². The fraction of sp³-hybridized carbons (Fsp3) is 0.125. The van der Waals surface area contributed by atoms with E-state index in [0.29, 0.717) is 0 Å². The molecule has 2 N–H and O–H groups in total. The van der Waals surface area contributed by atoms with E-state index in [0.717, 1.165) is 10.8 Å². The molecule has 0 saturated heterocycles. The molecular weight excluding hydrogens is 178 g/mol. The summed E-state index contributed by atoms with van der Waals surface area (Å²) in [6.07, 6.45) is 0. The lowest BCUT2D eigenvalue weighted by molar-refractivity contribution is 0.194. The lowest BCUT2D eigenvalue weighted by Crippen LogP contribution is -1.91. The van der Waals surface area contributed by atoms with Gasteiger partial charge in [0.2, 0.25) is 0 Å². The quantitative estimate of drug-likeness (QED) is 0.608. The Morgan fingerprint density at radius 2 is 1.58 bits per heavy atom. The SMILES string of the molecule is CNO.Cl.O=c1c2ccccc12. The van der Waals surface area contributed by atoms with Crippen molar-refractivity contribution in [2.75, 3.05) is 7.05 Å². The van der Waals surface area contributed by atoms with Crippen molar-refractivity contribution < 1.29 is 5.21 Å². The van der Waals surface area contributed by atoms with Crippen LogP contribution < -0.4 is 10.9 Å². The Labute approximate surface area is 76.1 Å². The van der Waals surface area contributed by atoms with Gasteiger partial charge in [-0.2, -0.15) is 0 Å². The molecule has 66 valence electrons. The Kier molecular flexibility index (Phi) is 4.51. The fourth-order valence-corrected chi connectivity index (χ4v) is 0.833. The number of halogens is 1. The van der Waals surface area contributed by atoms with Crippen LogP contribution >= 0.6 is 12.4 Å². The zero-order valence-corrected chi connectivity index (χ0v) is 7.39. The van der Waals surface area contributed by atoms with E-state index in [1.54, 1.807) is 5.48 Å². The summed E-state index contributed by atoms with van der Waals surface area (Å²) >= 11 is 0. The van der Waals surface area contributed by atoms with Gasteiger partial charge in [0.05, 0.1) is 0 Å². The highest BCUT2D eigenvalue weighted by Gasteiger charge is 2.07. The van der Waals surface area contributed by atoms with E-state index in [1.807, 2.05) is 24.3 Å². The van der Waals surface area contributed by atoms with Crippen molar-refractivity contribution in [2.24, 2.45) is 0 Å². The standard InChI is InChI=1S/C7H4O.CH5NO.ClH/c8-7-5-3-1-2-4-6(5)7;1-2-3;/h1-4H;2-3H,1H3;1H. The lowest BCUT2D eigenvalue weighted by Gasteiger charge is -1.66. The average Bonchev–Trinajstić information content (AvgIpc) is 2.66. The maximum absolute atomic E-state index is 10.5. The third-order valence-electron chi connectivity index (χ3n) is 1.35. The molecule has 0 saturated carbocycles. The Morgan fingerprint density at radius 1 is 1.25 bits per heavy atom. The Morgan fingerprint density at radius 3 is 1.83 bits per heavy atom. The molecule has 0 heterocycles. The highest BCUT2D eigenvalue weighted by Crippen LogP contribution is 2.11. The fourth-order valence-electron chi connectivity index (χ4n) is 0.833. The van der Waals surface area contributed by atoms with Gasteiger partial charge in [-0.05, 0) is 0 Å². The molecule has 0 amide bonds. The Balaban J connectivity index is 0.000000272. The molecule has 4 heteroatoms. The average molecular weight is 188 g/mol. The molecule has 0 aliphatic rings. The van der Waals surface area contributed by atoms with Crippen molar-refractivity contribution in [2.45, 2.75) is 0 Å². The van der Waals surface area contributed by atoms with Crippen LogP contribution in [0.3, 0.4) is 0 Å². The van der Waals surface area contributed by atoms with E-state index in [9.17, 15) is 4.79 Å². The van der Waals surface area contributed by atoms with Crippen molar-refractivity contribution in [1.29, 1.82) is 0 Å². The maximum atomic E-state index is 10.5. The van der Waals surface area contributed by atoms with Crippen LogP contribution in [0.25, 0.3) is 10.8 Å². The number of rotatable bonds is 0. The Hall–Kier alpha value is -0.900. The summed E-state index contributed by atoms with van der Waals surface area (Å²) in [5.74, 6) is 0. The summed E-state index contributed by atoms with van der Waals surface area (Å²) in [7, 11) is 1.43. The number of fused-ring (bicyclic) bond motifs is 1. The minimum Gasteiger partial charge on any atom is -0.317 e. The summed E-state index contributed by atoms with van der Waals surface area (Å²) in [4.78, 5) is 10.5. The third-order valence-corrected chi connectivity index (χ3v) is 1.35. The molecule has 0 aliphatic heterocycles. The first-order valence-electron chi connectivity index (χ1n) is 3.26. The molecule has 0 radical (unpaired) electrons. The van der Waals surface area contributed by atoms with Gasteiger partial charge in [-0.15, -0.1) is 12.4 Å². The number of hydrogen-bond donors (Lipinski definition) is 2. The summed E-state index contributed by atoms with van der Waals surface area (Å²) in [5.41, 5.74) is 1.97. The van der Waals surface area contributed by atoms with Gasteiger partial charge >= 0.3 is 0 Å². The largest absolute Gasteiger partial charge is 0.317 e. The number of hydroxylamine groups is 1. The molecule has 0 bridgehead atoms. The van der Waals surface area contributed by atoms with Gasteiger partial charge < -0.3 is 5.21 Å². The third kappa shape index (κ3) is 2.30. The molecule has 0 spiro atoms. The van der Waals surface area contributed by atoms with Crippen molar-refractivity contribution in [3.05, 3.63) is 34.5 Å². The van der Waals surface area contributed by atoms with Crippen LogP contribution in [0.15, 0.2) is 29.1 Å². The van der Waals surface area contributed by atoms with Gasteiger partial charge in [-0.3, -0.25) is 4.79 Å². The van der Waals surface area contributed by atoms with Crippen LogP contribution in [0.4, 0.5) is 0 Å². The zero-order chi connectivity index (χ0) is 8.27. The lowest BCUT2D eigenvalue weighted by atomic mass is 10.4. The summed E-state index contributed by atoms with van der Waals surface area (Å²) in [6, 6.07) is 7.45. The van der Waals surface area contributed by atoms with Gasteiger partial charge in [0.15, 0.2) is 5.43 Å². The highest BCUT2D eigenvalue weighted by atomic mass is 35.5. The number of nitrogens with one attached hydrogen (secondary N) is 1. The molecule has 12 heavy (non-hydrogen) atoms. The zero-order valence-electron chi connectivity index (χ0n) is 6.57. The second-order valence-corrected chi connectivity index (χ2v) is 2.10. The first-order valence-corrected chi connectivity index (χ1v) is 3.26. The minimum atomic E-state index is 0. The van der Waals surface area contributed by atoms with Crippen LogP contribution in [0.5, 0.6) is 0 Å². The predicted molar refractivity (Wildman–Crippen MR) is 50.7 cm³/mol. The van der Waals surface area contributed by atoms with E-state index in [4.69, 9.17) is 5.21 Å². The molecule has 0 fully saturated rings. The molecule has 3 nitrogen and oxygen atoms in total. The van der Waals surface area contributed by atoms with E-state index in [2.05, 4.69) is 0 Å². The van der Waals surface area contributed by atoms with Crippen molar-refractivity contribution in [3.63, 3.8) is 0 Å². The van der Waals surface area contributed by atoms with Gasteiger partial charge in [0.25, 0.3) is 0 Å². The highest BCUT2D eigenvalue weighted by molar-refractivity contribution is 5.96. The van der Waals surface area contributed by atoms with Crippen LogP contribution in [0.1, 0.15) is 0 Å². The van der Waals surface area contributed by atoms with Gasteiger partial charge in [0, 0.05) is 17.8 Å². The second kappa shape index (κ2) is 4.87. The van der Waals surface area contributed by atoms with Crippen LogP contribution in [-0.4, -0.2) is 12.3 Å². The molecular formula is C8H10ClNO2. The molecule has 0 aliphatic carbocycles. The van der Waals surface area contributed by atoms with E-state index >= 15 is 0 Å². The van der Waals surface area contributed by atoms with Crippen LogP contribution in [0, 0.1) is 0 Å². The van der Waals surface area contributed by atoms with Gasteiger partial charge in [0.1, 0.15) is 0 Å². The van der Waals surface area contributed by atoms with E-state index < -0.39 is 0 Å². The van der Waals surface area contributed by atoms with E-state index in [1.165, 1.54) is 7.05 Å². The first kappa shape index (κ1) is 11.1. The molecule has 0 aromatic heterocycles. The van der Waals surface area contributed by atoms with Crippen molar-refractivity contribution in [3.8, 4) is 0 Å². The first-order chi connectivity index (χ1) is 5.31. The van der Waals surface area contributed by atoms with Crippen LogP contribution in [-0.2, 0) is 0 Å². The van der Waals surface area contributed by atoms with Crippen molar-refractivity contribution in [1.82, 2.24) is 5.48 Å². The molecule has 0 atom stereocenters. The number of benzene rings is 1. The predicted octanol–water partition coefficient (Wildman–Crippen LogP) is 1.09. The number of hydrogen-bond acceptors (Lipinski definition) is 3. The van der Waals surface area contributed by atoms with E-state index in [-0.39, 0.29) is 17.8 Å². The molecule has 0 unspecified atom stereocenters. The monoisotopic (exact) mass is 187 g/mol. The Bertz CT molecular complexity index is 321. The second-order valence-electron chi connectivity index (χ2n) is 2.10. The molecule has 2 aromatic rings. The van der Waals surface area contributed by atoms with Gasteiger partial charge in [-0.1, -0.05) is 24.3 Å². The normalized spacial score (nSPS) is 8.83. The molecule has 2 rings (SSSR count). The molecule has 2 aromatic carbocycles. The summed E-state index contributed by atoms with van der Waals surface area (Å²) in [6.45, 7) is 0. The topological polar surface area (TPSA) is 49.3 Å². The minimum absolute atomic E-state index is 0. The summed E-state index contributed by atoms with van der Waals surface area (Å²) in [5, 5.41) is 9.11. The summed E-state index contributed by atoms with van der Waals surface area (Å²) < 4.78 is 0. The smallest absolute Gasteiger partial charge is 0.194 e. The van der Waals surface area contributed by atoms with Crippen LogP contribution in [0.2, 0.25) is 0 Å².